The van der Waals surface area contributed by atoms with Gasteiger partial charge in [0.15, 0.2) is 6.61 Å². The molecule has 1 N–H and O–H groups in total. The lowest BCUT2D eigenvalue weighted by molar-refractivity contribution is -0.118. The summed E-state index contributed by atoms with van der Waals surface area (Å²) in [5.41, 5.74) is 1.79. The van der Waals surface area contributed by atoms with E-state index < -0.39 is 0 Å². The van der Waals surface area contributed by atoms with Crippen molar-refractivity contribution in [1.82, 2.24) is 9.97 Å². The molecule has 0 saturated carbocycles. The lowest BCUT2D eigenvalue weighted by atomic mass is 10.2. The number of ether oxygens (including phenoxy) is 1. The first-order valence-electron chi connectivity index (χ1n) is 6.94. The normalized spacial score (nSPS) is 10.7. The lowest BCUT2D eigenvalue weighted by Crippen LogP contribution is -2.20. The first kappa shape index (κ1) is 15.9. The van der Waals surface area contributed by atoms with Crippen LogP contribution in [-0.2, 0) is 4.79 Å². The number of thiophene rings is 1. The van der Waals surface area contributed by atoms with Crippen molar-refractivity contribution in [3.05, 3.63) is 45.5 Å². The molecule has 1 amide bonds. The lowest BCUT2D eigenvalue weighted by Gasteiger charge is -2.09. The average molecular weight is 392 g/mol. The fraction of sp³-hybridized carbons (Fsp3) is 0.188. The summed E-state index contributed by atoms with van der Waals surface area (Å²) in [5, 5.41) is 3.68. The minimum Gasteiger partial charge on any atom is -0.467 e. The van der Waals surface area contributed by atoms with Crippen LogP contribution < -0.4 is 10.1 Å². The van der Waals surface area contributed by atoms with Gasteiger partial charge in [-0.25, -0.2) is 9.97 Å². The molecule has 0 spiro atoms. The molecule has 0 atom stereocenters. The summed E-state index contributed by atoms with van der Waals surface area (Å²) in [6.45, 7) is 3.93. The minimum absolute atomic E-state index is 0.109. The Morgan fingerprint density at radius 1 is 1.30 bits per heavy atom. The smallest absolute Gasteiger partial charge is 0.262 e. The molecule has 118 valence electrons. The number of nitrogens with one attached hydrogen (secondary N) is 1. The molecule has 0 radical (unpaired) electrons. The van der Waals surface area contributed by atoms with Crippen molar-refractivity contribution in [2.45, 2.75) is 13.8 Å². The van der Waals surface area contributed by atoms with Crippen LogP contribution in [0.25, 0.3) is 10.2 Å². The Hall–Kier alpha value is -1.99. The monoisotopic (exact) mass is 391 g/mol. The number of hydrogen-bond acceptors (Lipinski definition) is 5. The van der Waals surface area contributed by atoms with Crippen LogP contribution >= 0.6 is 27.3 Å². The molecule has 0 saturated heterocycles. The molecule has 5 nitrogen and oxygen atoms in total. The number of carbonyl (C=O) groups is 1. The number of halogens is 1. The zero-order chi connectivity index (χ0) is 16.4. The number of aryl methyl sites for hydroxylation is 2. The van der Waals surface area contributed by atoms with Gasteiger partial charge in [0.2, 0.25) is 5.88 Å². The molecule has 0 fully saturated rings. The maximum atomic E-state index is 12.1. The van der Waals surface area contributed by atoms with Gasteiger partial charge in [0, 0.05) is 9.35 Å². The number of rotatable bonds is 4. The number of fused-ring (bicyclic) bond motifs is 1. The molecule has 7 heteroatoms. The summed E-state index contributed by atoms with van der Waals surface area (Å²) >= 11 is 4.98. The maximum absolute atomic E-state index is 12.1. The molecule has 2 aromatic heterocycles. The van der Waals surface area contributed by atoms with Crippen molar-refractivity contribution in [2.75, 3.05) is 11.9 Å². The number of benzene rings is 1. The van der Waals surface area contributed by atoms with Gasteiger partial charge in [0.1, 0.15) is 11.2 Å². The quantitative estimate of drug-likeness (QED) is 0.727. The zero-order valence-corrected chi connectivity index (χ0v) is 15.0. The molecule has 0 aliphatic carbocycles. The van der Waals surface area contributed by atoms with Crippen molar-refractivity contribution >= 4 is 49.1 Å². The number of hydrogen-bond donors (Lipinski definition) is 1. The van der Waals surface area contributed by atoms with Crippen LogP contribution in [0, 0.1) is 13.8 Å². The molecular weight excluding hydrogens is 378 g/mol. The van der Waals surface area contributed by atoms with Gasteiger partial charge in [-0.3, -0.25) is 4.79 Å². The Morgan fingerprint density at radius 3 is 2.87 bits per heavy atom. The van der Waals surface area contributed by atoms with E-state index in [0.29, 0.717) is 11.6 Å². The van der Waals surface area contributed by atoms with Gasteiger partial charge in [0.05, 0.1) is 11.1 Å². The third-order valence-corrected chi connectivity index (χ3v) is 5.23. The van der Waals surface area contributed by atoms with E-state index in [9.17, 15) is 4.79 Å². The summed E-state index contributed by atoms with van der Waals surface area (Å²) < 4.78 is 6.44. The van der Waals surface area contributed by atoms with E-state index in [1.807, 2.05) is 38.1 Å². The fourth-order valence-corrected chi connectivity index (χ4v) is 3.51. The van der Waals surface area contributed by atoms with Gasteiger partial charge in [0.25, 0.3) is 5.91 Å². The van der Waals surface area contributed by atoms with Crippen LogP contribution in [0.3, 0.4) is 0 Å². The molecule has 23 heavy (non-hydrogen) atoms. The highest BCUT2D eigenvalue weighted by Crippen LogP contribution is 2.33. The van der Waals surface area contributed by atoms with E-state index in [1.54, 1.807) is 11.3 Å². The molecular formula is C16H14BrN3O2S. The van der Waals surface area contributed by atoms with Crippen LogP contribution in [0.4, 0.5) is 5.69 Å². The summed E-state index contributed by atoms with van der Waals surface area (Å²) in [7, 11) is 0. The summed E-state index contributed by atoms with van der Waals surface area (Å²) in [6, 6.07) is 7.42. The molecule has 3 aromatic rings. The number of amides is 1. The van der Waals surface area contributed by atoms with Gasteiger partial charge in [-0.05, 0) is 47.5 Å². The molecule has 0 unspecified atom stereocenters. The van der Waals surface area contributed by atoms with Gasteiger partial charge in [-0.15, -0.1) is 11.3 Å². The van der Waals surface area contributed by atoms with E-state index in [1.165, 1.54) is 11.2 Å². The highest BCUT2D eigenvalue weighted by Gasteiger charge is 2.14. The van der Waals surface area contributed by atoms with Gasteiger partial charge < -0.3 is 10.1 Å². The molecule has 1 aromatic carbocycles. The second kappa shape index (κ2) is 6.64. The van der Waals surface area contributed by atoms with E-state index in [0.717, 1.165) is 20.3 Å². The minimum atomic E-state index is -0.242. The second-order valence-corrected chi connectivity index (χ2v) is 7.02. The fourth-order valence-electron chi connectivity index (χ4n) is 2.14. The highest BCUT2D eigenvalue weighted by atomic mass is 79.9. The van der Waals surface area contributed by atoms with Gasteiger partial charge in [-0.2, -0.15) is 0 Å². The van der Waals surface area contributed by atoms with Crippen LogP contribution in [0.15, 0.2) is 35.1 Å². The van der Waals surface area contributed by atoms with Crippen LogP contribution in [-0.4, -0.2) is 22.5 Å². The van der Waals surface area contributed by atoms with Crippen molar-refractivity contribution in [3.63, 3.8) is 0 Å². The second-order valence-electron chi connectivity index (χ2n) is 4.96. The third kappa shape index (κ3) is 3.35. The topological polar surface area (TPSA) is 64.1 Å². The SMILES string of the molecule is Cc1sc2ncnc(OCC(=O)Nc3ccccc3Br)c2c1C. The number of nitrogens with zero attached hydrogens (tertiary/aromatic N) is 2. The van der Waals surface area contributed by atoms with Crippen molar-refractivity contribution < 1.29 is 9.53 Å². The molecule has 2 heterocycles. The third-order valence-electron chi connectivity index (χ3n) is 3.42. The highest BCUT2D eigenvalue weighted by molar-refractivity contribution is 9.10. The molecule has 0 aliphatic heterocycles. The number of para-hydroxylation sites is 1. The van der Waals surface area contributed by atoms with Crippen molar-refractivity contribution in [1.29, 1.82) is 0 Å². The molecule has 0 bridgehead atoms. The molecule has 0 aliphatic rings. The van der Waals surface area contributed by atoms with E-state index in [-0.39, 0.29) is 12.5 Å². The Kier molecular flexibility index (Phi) is 4.58. The average Bonchev–Trinajstić information content (AvgIpc) is 2.83. The summed E-state index contributed by atoms with van der Waals surface area (Å²) in [5.74, 6) is 0.201. The Balaban J connectivity index is 1.74. The maximum Gasteiger partial charge on any atom is 0.262 e. The zero-order valence-electron chi connectivity index (χ0n) is 12.6. The van der Waals surface area contributed by atoms with Crippen LogP contribution in [0.1, 0.15) is 10.4 Å². The van der Waals surface area contributed by atoms with Crippen LogP contribution in [0.2, 0.25) is 0 Å². The number of aromatic nitrogens is 2. The van der Waals surface area contributed by atoms with Gasteiger partial charge in [-0.1, -0.05) is 12.1 Å². The van der Waals surface area contributed by atoms with E-state index in [2.05, 4.69) is 31.2 Å². The summed E-state index contributed by atoms with van der Waals surface area (Å²) in [4.78, 5) is 22.5. The van der Waals surface area contributed by atoms with E-state index in [4.69, 9.17) is 4.74 Å². The molecule has 3 rings (SSSR count). The Labute approximate surface area is 145 Å². The Bertz CT molecular complexity index is 879. The summed E-state index contributed by atoms with van der Waals surface area (Å²) in [6.07, 6.45) is 1.46. The predicted octanol–water partition coefficient (Wildman–Crippen LogP) is 4.09. The first-order valence-corrected chi connectivity index (χ1v) is 8.55. The van der Waals surface area contributed by atoms with Gasteiger partial charge >= 0.3 is 0 Å². The standard InChI is InChI=1S/C16H14BrN3O2S/c1-9-10(2)23-16-14(9)15(18-8-19-16)22-7-13(21)20-12-6-4-3-5-11(12)17/h3-6,8H,7H2,1-2H3,(H,20,21). The largest absolute Gasteiger partial charge is 0.467 e. The first-order chi connectivity index (χ1) is 11.1. The van der Waals surface area contributed by atoms with Crippen molar-refractivity contribution in [3.8, 4) is 5.88 Å². The predicted molar refractivity (Wildman–Crippen MR) is 95.2 cm³/mol. The van der Waals surface area contributed by atoms with Crippen LogP contribution in [0.5, 0.6) is 5.88 Å². The number of carbonyl (C=O) groups excluding carboxylic acids is 1. The number of anilines is 1. The Morgan fingerprint density at radius 2 is 2.09 bits per heavy atom. The van der Waals surface area contributed by atoms with E-state index >= 15 is 0 Å². The van der Waals surface area contributed by atoms with Crippen molar-refractivity contribution in [2.24, 2.45) is 0 Å².